The molecule has 1 N–H and O–H groups in total. The average molecular weight is 641 g/mol. The Kier molecular flexibility index (Phi) is 11.8. The molecule has 230 valence electrons. The highest BCUT2D eigenvalue weighted by Gasteiger charge is 2.77. The molecule has 0 aromatic heterocycles. The van der Waals surface area contributed by atoms with E-state index in [-0.39, 0.29) is 29.9 Å². The van der Waals surface area contributed by atoms with Crippen LogP contribution < -0.4 is 0 Å². The van der Waals surface area contributed by atoms with Gasteiger partial charge in [-0.1, -0.05) is 28.1 Å². The fraction of sp³-hybridized carbons (Fsp3) is 0.767. The molecule has 0 aromatic carbocycles. The molecule has 11 heteroatoms. The van der Waals surface area contributed by atoms with Crippen molar-refractivity contribution in [3.05, 3.63) is 25.3 Å². The summed E-state index contributed by atoms with van der Waals surface area (Å²) in [6.07, 6.45) is 7.92. The second-order valence-electron chi connectivity index (χ2n) is 11.5. The van der Waals surface area contributed by atoms with Gasteiger partial charge in [0.25, 0.3) is 0 Å². The fourth-order valence-corrected chi connectivity index (χ4v) is 7.80. The van der Waals surface area contributed by atoms with Crippen molar-refractivity contribution in [2.75, 3.05) is 65.7 Å². The Labute approximate surface area is 252 Å². The third kappa shape index (κ3) is 6.90. The van der Waals surface area contributed by atoms with Crippen LogP contribution in [-0.4, -0.2) is 126 Å². The van der Waals surface area contributed by atoms with E-state index in [1.54, 1.807) is 15.9 Å². The van der Waals surface area contributed by atoms with Crippen LogP contribution >= 0.6 is 15.9 Å². The van der Waals surface area contributed by atoms with Crippen LogP contribution in [0.5, 0.6) is 0 Å². The maximum atomic E-state index is 14.4. The highest BCUT2D eigenvalue weighted by atomic mass is 79.9. The Morgan fingerprint density at radius 3 is 2.61 bits per heavy atom. The van der Waals surface area contributed by atoms with Crippen molar-refractivity contribution in [1.29, 1.82) is 0 Å². The number of ether oxygens (including phenoxy) is 3. The highest BCUT2D eigenvalue weighted by molar-refractivity contribution is 9.09. The van der Waals surface area contributed by atoms with E-state index in [2.05, 4.69) is 34.0 Å². The quantitative estimate of drug-likeness (QED) is 0.112. The predicted molar refractivity (Wildman–Crippen MR) is 157 cm³/mol. The number of aliphatic hydroxyl groups excluding tert-OH is 1. The second-order valence-corrected chi connectivity index (χ2v) is 12.6. The molecule has 2 amide bonds. The number of carbonyl (C=O) groups is 3. The summed E-state index contributed by atoms with van der Waals surface area (Å²) in [6, 6.07) is -0.839. The number of amides is 2. The lowest BCUT2D eigenvalue weighted by Gasteiger charge is -2.38. The SMILES string of the molecule is C=CCCCCOC(=O)[C@H]1[C@H]2C(=O)N(CCCCCO)C(C(=O)N(CC=C)CCN3CCOCC3)C23CC(Br)[C@@H]1O3. The Balaban J connectivity index is 1.57. The zero-order valence-corrected chi connectivity index (χ0v) is 25.7. The molecule has 4 aliphatic heterocycles. The van der Waals surface area contributed by atoms with Gasteiger partial charge in [0.15, 0.2) is 0 Å². The smallest absolute Gasteiger partial charge is 0.312 e. The summed E-state index contributed by atoms with van der Waals surface area (Å²) in [7, 11) is 0. The molecule has 4 rings (SSSR count). The number of morpholine rings is 1. The van der Waals surface area contributed by atoms with Crippen LogP contribution in [0.15, 0.2) is 25.3 Å². The molecule has 0 aromatic rings. The molecule has 0 radical (unpaired) electrons. The lowest BCUT2D eigenvalue weighted by Crippen LogP contribution is -2.57. The van der Waals surface area contributed by atoms with Crippen LogP contribution in [0.2, 0.25) is 0 Å². The minimum absolute atomic E-state index is 0.0777. The number of aliphatic hydroxyl groups is 1. The van der Waals surface area contributed by atoms with Gasteiger partial charge in [0, 0.05) is 50.7 Å². The van der Waals surface area contributed by atoms with Crippen LogP contribution in [0.1, 0.15) is 44.9 Å². The molecule has 0 aliphatic carbocycles. The lowest BCUT2D eigenvalue weighted by molar-refractivity contribution is -0.155. The molecular formula is C30H46BrN3O7. The van der Waals surface area contributed by atoms with Gasteiger partial charge in [0.05, 0.1) is 37.8 Å². The van der Waals surface area contributed by atoms with Gasteiger partial charge in [0.1, 0.15) is 11.6 Å². The molecule has 41 heavy (non-hydrogen) atoms. The zero-order chi connectivity index (χ0) is 29.4. The van der Waals surface area contributed by atoms with Gasteiger partial charge in [0.2, 0.25) is 11.8 Å². The minimum Gasteiger partial charge on any atom is -0.465 e. The molecule has 6 atom stereocenters. The van der Waals surface area contributed by atoms with Crippen molar-refractivity contribution in [1.82, 2.24) is 14.7 Å². The van der Waals surface area contributed by atoms with Crippen LogP contribution in [0.3, 0.4) is 0 Å². The number of allylic oxidation sites excluding steroid dienone is 1. The van der Waals surface area contributed by atoms with Gasteiger partial charge < -0.3 is 29.1 Å². The third-order valence-electron chi connectivity index (χ3n) is 8.85. The lowest BCUT2D eigenvalue weighted by atomic mass is 9.70. The first-order chi connectivity index (χ1) is 19.9. The zero-order valence-electron chi connectivity index (χ0n) is 24.1. The predicted octanol–water partition coefficient (Wildman–Crippen LogP) is 2.14. The Hall–Kier alpha value is -1.79. The molecule has 4 aliphatic rings. The van der Waals surface area contributed by atoms with Crippen LogP contribution in [0.4, 0.5) is 0 Å². The van der Waals surface area contributed by atoms with Gasteiger partial charge in [-0.15, -0.1) is 13.2 Å². The van der Waals surface area contributed by atoms with Gasteiger partial charge in [-0.2, -0.15) is 0 Å². The van der Waals surface area contributed by atoms with Crippen LogP contribution in [-0.2, 0) is 28.6 Å². The van der Waals surface area contributed by atoms with Crippen molar-refractivity contribution in [2.24, 2.45) is 11.8 Å². The number of likely N-dealkylation sites (tertiary alicyclic amines) is 1. The van der Waals surface area contributed by atoms with Gasteiger partial charge in [-0.05, 0) is 44.9 Å². The fourth-order valence-electron chi connectivity index (χ4n) is 6.86. The number of halogens is 1. The minimum atomic E-state index is -1.10. The molecule has 10 nitrogen and oxygen atoms in total. The van der Waals surface area contributed by atoms with E-state index in [0.717, 1.165) is 38.8 Å². The summed E-state index contributed by atoms with van der Waals surface area (Å²) in [6.45, 7) is 12.8. The topological polar surface area (TPSA) is 109 Å². The first-order valence-electron chi connectivity index (χ1n) is 15.1. The molecule has 4 fully saturated rings. The number of rotatable bonds is 17. The molecule has 4 heterocycles. The average Bonchev–Trinajstić information content (AvgIpc) is 3.56. The van der Waals surface area contributed by atoms with E-state index in [0.29, 0.717) is 58.7 Å². The number of alkyl halides is 1. The molecule has 4 saturated heterocycles. The van der Waals surface area contributed by atoms with Crippen molar-refractivity contribution in [3.8, 4) is 0 Å². The monoisotopic (exact) mass is 639 g/mol. The van der Waals surface area contributed by atoms with Crippen molar-refractivity contribution in [3.63, 3.8) is 0 Å². The Morgan fingerprint density at radius 2 is 1.90 bits per heavy atom. The second kappa shape index (κ2) is 15.1. The van der Waals surface area contributed by atoms with E-state index in [9.17, 15) is 19.5 Å². The van der Waals surface area contributed by atoms with Crippen molar-refractivity contribution < 1.29 is 33.7 Å². The molecular weight excluding hydrogens is 594 g/mol. The number of nitrogens with zero attached hydrogens (tertiary/aromatic N) is 3. The molecule has 2 bridgehead atoms. The summed E-state index contributed by atoms with van der Waals surface area (Å²) in [5.74, 6) is -2.34. The number of hydrogen-bond acceptors (Lipinski definition) is 8. The van der Waals surface area contributed by atoms with Crippen molar-refractivity contribution >= 4 is 33.7 Å². The summed E-state index contributed by atoms with van der Waals surface area (Å²) in [4.78, 5) is 47.5. The Morgan fingerprint density at radius 1 is 1.12 bits per heavy atom. The highest BCUT2D eigenvalue weighted by Crippen LogP contribution is 2.60. The number of unbranched alkanes of at least 4 members (excludes halogenated alkanes) is 4. The van der Waals surface area contributed by atoms with E-state index in [1.807, 2.05) is 6.08 Å². The number of esters is 1. The third-order valence-corrected chi connectivity index (χ3v) is 9.70. The van der Waals surface area contributed by atoms with E-state index < -0.39 is 35.6 Å². The normalized spacial score (nSPS) is 30.8. The van der Waals surface area contributed by atoms with E-state index in [1.165, 1.54) is 0 Å². The van der Waals surface area contributed by atoms with E-state index >= 15 is 0 Å². The van der Waals surface area contributed by atoms with Gasteiger partial charge >= 0.3 is 5.97 Å². The molecule has 0 saturated carbocycles. The summed E-state index contributed by atoms with van der Waals surface area (Å²) in [5.41, 5.74) is -1.10. The van der Waals surface area contributed by atoms with Gasteiger partial charge in [-0.3, -0.25) is 19.3 Å². The first-order valence-corrected chi connectivity index (χ1v) is 16.0. The number of hydrogen-bond donors (Lipinski definition) is 1. The van der Waals surface area contributed by atoms with E-state index in [4.69, 9.17) is 14.2 Å². The first kappa shape index (κ1) is 32.1. The summed E-state index contributed by atoms with van der Waals surface area (Å²) < 4.78 is 17.7. The van der Waals surface area contributed by atoms with Crippen molar-refractivity contribution in [2.45, 2.75) is 67.5 Å². The summed E-state index contributed by atoms with van der Waals surface area (Å²) in [5, 5.41) is 9.26. The van der Waals surface area contributed by atoms with Crippen LogP contribution in [0.25, 0.3) is 0 Å². The van der Waals surface area contributed by atoms with Crippen LogP contribution in [0, 0.1) is 11.8 Å². The standard InChI is InChI=1S/C30H46BrN3O7/c1-3-5-6-10-18-40-29(38)23-24-27(36)34(12-8-7-9-17-35)26(30(24)21-22(31)25(23)41-30)28(37)33(11-4-2)14-13-32-15-19-39-20-16-32/h3-4,22-26,35H,1-2,5-21H2/t22?,23-,24-,25-,26?,30?/m0/s1. The summed E-state index contributed by atoms with van der Waals surface area (Å²) >= 11 is 3.72. The number of fused-ring (bicyclic) bond motifs is 1. The largest absolute Gasteiger partial charge is 0.465 e. The molecule has 3 unspecified atom stereocenters. The Bertz CT molecular complexity index is 945. The molecule has 1 spiro atoms. The van der Waals surface area contributed by atoms with Gasteiger partial charge in [-0.25, -0.2) is 0 Å². The number of carbonyl (C=O) groups excluding carboxylic acids is 3. The maximum absolute atomic E-state index is 14.4. The maximum Gasteiger partial charge on any atom is 0.312 e.